The van der Waals surface area contributed by atoms with E-state index in [1.807, 2.05) is 0 Å². The fourth-order valence-corrected chi connectivity index (χ4v) is 3.07. The van der Waals surface area contributed by atoms with E-state index in [0.29, 0.717) is 36.8 Å². The summed E-state index contributed by atoms with van der Waals surface area (Å²) in [4.78, 5) is 28.3. The first-order valence-electron chi connectivity index (χ1n) is 8.05. The van der Waals surface area contributed by atoms with Crippen molar-refractivity contribution >= 4 is 34.7 Å². The van der Waals surface area contributed by atoms with Crippen molar-refractivity contribution in [3.63, 3.8) is 0 Å². The predicted octanol–water partition coefficient (Wildman–Crippen LogP) is 3.64. The van der Waals surface area contributed by atoms with Gasteiger partial charge in [0.15, 0.2) is 5.82 Å². The second kappa shape index (κ2) is 7.65. The molecule has 1 aliphatic heterocycles. The Kier molecular flexibility index (Phi) is 5.32. The molecule has 3 rings (SSSR count). The summed E-state index contributed by atoms with van der Waals surface area (Å²) < 4.78 is 14.2. The van der Waals surface area contributed by atoms with Crippen LogP contribution >= 0.6 is 11.6 Å². The van der Waals surface area contributed by atoms with Crippen LogP contribution in [0.3, 0.4) is 0 Å². The Morgan fingerprint density at radius 2 is 2.19 bits per heavy atom. The molecule has 0 aliphatic carbocycles. The van der Waals surface area contributed by atoms with Gasteiger partial charge in [-0.15, -0.1) is 0 Å². The highest BCUT2D eigenvalue weighted by Crippen LogP contribution is 2.28. The quantitative estimate of drug-likeness (QED) is 0.648. The summed E-state index contributed by atoms with van der Waals surface area (Å²) >= 11 is 5.77. The number of non-ortho nitro benzene ring substituents is 1. The average Bonchev–Trinajstić information content (AvgIpc) is 2.63. The molecule has 136 valence electrons. The maximum Gasteiger partial charge on any atom is 0.272 e. The molecule has 0 radical (unpaired) electrons. The molecule has 1 aliphatic rings. The van der Waals surface area contributed by atoms with Crippen LogP contribution in [0.15, 0.2) is 36.5 Å². The van der Waals surface area contributed by atoms with Crippen LogP contribution in [-0.4, -0.2) is 28.9 Å². The number of nitrogens with one attached hydrogen (secondary N) is 1. The van der Waals surface area contributed by atoms with Crippen LogP contribution < -0.4 is 10.2 Å². The van der Waals surface area contributed by atoms with Crippen molar-refractivity contribution in [3.05, 3.63) is 57.5 Å². The van der Waals surface area contributed by atoms with E-state index < -0.39 is 10.7 Å². The summed E-state index contributed by atoms with van der Waals surface area (Å²) in [6, 6.07) is 6.78. The number of carbonyl (C=O) groups excluding carboxylic acids is 1. The van der Waals surface area contributed by atoms with Gasteiger partial charge in [0.05, 0.1) is 27.6 Å². The number of amides is 1. The summed E-state index contributed by atoms with van der Waals surface area (Å²) in [5.74, 6) is -0.805. The normalized spacial score (nSPS) is 17.0. The molecule has 7 nitrogen and oxygen atoms in total. The number of halogens is 2. The van der Waals surface area contributed by atoms with Gasteiger partial charge in [-0.1, -0.05) is 11.6 Å². The first-order valence-corrected chi connectivity index (χ1v) is 8.43. The third-order valence-corrected chi connectivity index (χ3v) is 4.48. The molecule has 9 heteroatoms. The number of hydrogen-bond acceptors (Lipinski definition) is 5. The second-order valence-electron chi connectivity index (χ2n) is 6.03. The average molecular weight is 379 g/mol. The maximum absolute atomic E-state index is 14.2. The molecular weight excluding hydrogens is 363 g/mol. The van der Waals surface area contributed by atoms with Crippen LogP contribution in [0.25, 0.3) is 0 Å². The van der Waals surface area contributed by atoms with Gasteiger partial charge in [0.2, 0.25) is 5.91 Å². The third kappa shape index (κ3) is 4.08. The zero-order valence-electron chi connectivity index (χ0n) is 13.7. The number of nitro benzene ring substituents is 1. The molecule has 1 N–H and O–H groups in total. The molecule has 2 heterocycles. The van der Waals surface area contributed by atoms with Gasteiger partial charge in [-0.2, -0.15) is 0 Å². The van der Waals surface area contributed by atoms with Crippen LogP contribution in [0.4, 0.5) is 21.6 Å². The van der Waals surface area contributed by atoms with E-state index in [1.54, 1.807) is 17.0 Å². The third-order valence-electron chi connectivity index (χ3n) is 4.25. The molecule has 1 amide bonds. The van der Waals surface area contributed by atoms with E-state index >= 15 is 0 Å². The van der Waals surface area contributed by atoms with Crippen molar-refractivity contribution in [2.75, 3.05) is 23.3 Å². The lowest BCUT2D eigenvalue weighted by Crippen LogP contribution is -2.41. The van der Waals surface area contributed by atoms with Crippen LogP contribution in [0.5, 0.6) is 0 Å². The maximum atomic E-state index is 14.2. The van der Waals surface area contributed by atoms with E-state index in [4.69, 9.17) is 11.6 Å². The van der Waals surface area contributed by atoms with Crippen molar-refractivity contribution in [3.8, 4) is 0 Å². The van der Waals surface area contributed by atoms with Gasteiger partial charge < -0.3 is 10.2 Å². The number of carbonyl (C=O) groups is 1. The molecule has 0 saturated carbocycles. The zero-order valence-corrected chi connectivity index (χ0v) is 14.4. The molecule has 0 bridgehead atoms. The fourth-order valence-electron chi connectivity index (χ4n) is 2.95. The Morgan fingerprint density at radius 1 is 1.38 bits per heavy atom. The van der Waals surface area contributed by atoms with Crippen molar-refractivity contribution in [1.82, 2.24) is 4.98 Å². The molecule has 1 unspecified atom stereocenters. The molecule has 26 heavy (non-hydrogen) atoms. The Labute approximate surface area is 153 Å². The zero-order chi connectivity index (χ0) is 18.7. The fraction of sp³-hybridized carbons (Fsp3) is 0.294. The van der Waals surface area contributed by atoms with Gasteiger partial charge in [-0.3, -0.25) is 14.9 Å². The monoisotopic (exact) mass is 378 g/mol. The number of benzene rings is 1. The van der Waals surface area contributed by atoms with Gasteiger partial charge in [0.25, 0.3) is 5.69 Å². The minimum atomic E-state index is -0.667. The summed E-state index contributed by atoms with van der Waals surface area (Å²) in [7, 11) is 0. The Morgan fingerprint density at radius 3 is 2.85 bits per heavy atom. The van der Waals surface area contributed by atoms with Crippen LogP contribution in [0.2, 0.25) is 5.02 Å². The number of rotatable bonds is 4. The van der Waals surface area contributed by atoms with Crippen LogP contribution in [-0.2, 0) is 4.79 Å². The number of anilines is 2. The second-order valence-corrected chi connectivity index (χ2v) is 6.47. The molecule has 1 atom stereocenters. The van der Waals surface area contributed by atoms with Crippen molar-refractivity contribution in [2.45, 2.75) is 12.8 Å². The van der Waals surface area contributed by atoms with Crippen molar-refractivity contribution < 1.29 is 14.1 Å². The van der Waals surface area contributed by atoms with Gasteiger partial charge in [0.1, 0.15) is 5.82 Å². The number of hydrogen-bond donors (Lipinski definition) is 1. The molecule has 1 saturated heterocycles. The molecule has 1 aromatic carbocycles. The highest BCUT2D eigenvalue weighted by atomic mass is 35.5. The highest BCUT2D eigenvalue weighted by Gasteiger charge is 2.28. The minimum Gasteiger partial charge on any atom is -0.368 e. The number of piperidine rings is 1. The first-order chi connectivity index (χ1) is 12.4. The van der Waals surface area contributed by atoms with Crippen molar-refractivity contribution in [2.24, 2.45) is 5.92 Å². The highest BCUT2D eigenvalue weighted by molar-refractivity contribution is 6.30. The summed E-state index contributed by atoms with van der Waals surface area (Å²) in [5.41, 5.74) is -0.0379. The van der Waals surface area contributed by atoms with Crippen LogP contribution in [0.1, 0.15) is 12.8 Å². The summed E-state index contributed by atoms with van der Waals surface area (Å²) in [6.07, 6.45) is 2.82. The van der Waals surface area contributed by atoms with E-state index in [9.17, 15) is 19.3 Å². The summed E-state index contributed by atoms with van der Waals surface area (Å²) in [6.45, 7) is 0.909. The van der Waals surface area contributed by atoms with E-state index in [0.717, 1.165) is 6.07 Å². The standard InChI is InChI=1S/C17H16ClFN4O3/c18-12-3-6-16(20-9-12)21-17(24)11-2-1-7-22(10-11)15-5-4-13(23(25)26)8-14(15)19/h3-6,8-9,11H,1-2,7,10H2,(H,20,21,24). The molecule has 1 aromatic heterocycles. The largest absolute Gasteiger partial charge is 0.368 e. The van der Waals surface area contributed by atoms with Gasteiger partial charge in [-0.25, -0.2) is 9.37 Å². The first kappa shape index (κ1) is 18.1. The molecule has 1 fully saturated rings. The predicted molar refractivity (Wildman–Crippen MR) is 95.9 cm³/mol. The smallest absolute Gasteiger partial charge is 0.272 e. The molecule has 0 spiro atoms. The Bertz CT molecular complexity index is 831. The van der Waals surface area contributed by atoms with Gasteiger partial charge in [0, 0.05) is 25.4 Å². The minimum absolute atomic E-state index is 0.202. The molecule has 2 aromatic rings. The molecular formula is C17H16ClFN4O3. The van der Waals surface area contributed by atoms with Crippen LogP contribution in [0, 0.1) is 21.8 Å². The summed E-state index contributed by atoms with van der Waals surface area (Å²) in [5, 5.41) is 13.9. The lowest BCUT2D eigenvalue weighted by atomic mass is 9.96. The lowest BCUT2D eigenvalue weighted by Gasteiger charge is -2.33. The van der Waals surface area contributed by atoms with Crippen molar-refractivity contribution in [1.29, 1.82) is 0 Å². The van der Waals surface area contributed by atoms with E-state index in [2.05, 4.69) is 10.3 Å². The lowest BCUT2D eigenvalue weighted by molar-refractivity contribution is -0.385. The number of aromatic nitrogens is 1. The topological polar surface area (TPSA) is 88.4 Å². The van der Waals surface area contributed by atoms with Gasteiger partial charge in [-0.05, 0) is 31.0 Å². The van der Waals surface area contributed by atoms with E-state index in [-0.39, 0.29) is 23.2 Å². The Hall–Kier alpha value is -2.74. The van der Waals surface area contributed by atoms with Gasteiger partial charge >= 0.3 is 0 Å². The number of pyridine rings is 1. The Balaban J connectivity index is 1.69. The number of nitrogens with zero attached hydrogens (tertiary/aromatic N) is 3. The number of nitro groups is 1. The van der Waals surface area contributed by atoms with E-state index in [1.165, 1.54) is 18.3 Å². The SMILES string of the molecule is O=C(Nc1ccc(Cl)cn1)C1CCCN(c2ccc([N+](=O)[O-])cc2F)C1.